The number of para-hydroxylation sites is 1. The summed E-state index contributed by atoms with van der Waals surface area (Å²) in [6, 6.07) is 14.5. The summed E-state index contributed by atoms with van der Waals surface area (Å²) in [5, 5.41) is 9.73. The molecule has 2 aromatic carbocycles. The Labute approximate surface area is 174 Å². The van der Waals surface area contributed by atoms with Gasteiger partial charge in [0.1, 0.15) is 0 Å². The second-order valence-electron chi connectivity index (χ2n) is 6.60. The maximum atomic E-state index is 12.4. The minimum atomic E-state index is -0.376. The van der Waals surface area contributed by atoms with E-state index in [0.29, 0.717) is 29.0 Å². The van der Waals surface area contributed by atoms with Gasteiger partial charge in [0.05, 0.1) is 30.9 Å². The molecule has 0 aliphatic carbocycles. The Hall–Kier alpha value is -3.99. The number of nitrogens with one attached hydrogen (secondary N) is 2. The number of aryl methyl sites for hydroxylation is 1. The maximum absolute atomic E-state index is 12.4. The Morgan fingerprint density at radius 1 is 1.13 bits per heavy atom. The molecule has 1 aromatic heterocycles. The highest BCUT2D eigenvalue weighted by Gasteiger charge is 2.14. The summed E-state index contributed by atoms with van der Waals surface area (Å²) in [6.45, 7) is 0.285. The minimum absolute atomic E-state index is 0.175. The second kappa shape index (κ2) is 9.47. The first kappa shape index (κ1) is 20.7. The molecule has 30 heavy (non-hydrogen) atoms. The molecule has 3 aromatic rings. The molecule has 0 spiro atoms. The van der Waals surface area contributed by atoms with Gasteiger partial charge in [-0.2, -0.15) is 5.26 Å². The molecular formula is C22H22N4O4. The lowest BCUT2D eigenvalue weighted by Crippen LogP contribution is -2.41. The zero-order chi connectivity index (χ0) is 21.5. The molecule has 2 N–H and O–H groups in total. The molecule has 8 heteroatoms. The molecule has 0 radical (unpaired) electrons. The van der Waals surface area contributed by atoms with E-state index in [-0.39, 0.29) is 24.8 Å². The molecule has 3 rings (SSSR count). The first-order valence-electron chi connectivity index (χ1n) is 9.37. The van der Waals surface area contributed by atoms with Crippen LogP contribution < -0.4 is 20.3 Å². The van der Waals surface area contributed by atoms with Crippen molar-refractivity contribution < 1.29 is 19.1 Å². The average molecular weight is 406 g/mol. The van der Waals surface area contributed by atoms with Crippen molar-refractivity contribution in [1.29, 1.82) is 5.26 Å². The van der Waals surface area contributed by atoms with E-state index < -0.39 is 0 Å². The van der Waals surface area contributed by atoms with Crippen molar-refractivity contribution in [3.8, 4) is 17.6 Å². The number of hydrogen-bond donors (Lipinski definition) is 2. The van der Waals surface area contributed by atoms with Gasteiger partial charge in [0.15, 0.2) is 11.5 Å². The van der Waals surface area contributed by atoms with Crippen LogP contribution in [0.2, 0.25) is 0 Å². The summed E-state index contributed by atoms with van der Waals surface area (Å²) < 4.78 is 12.7. The zero-order valence-corrected chi connectivity index (χ0v) is 16.8. The van der Waals surface area contributed by atoms with Crippen molar-refractivity contribution in [3.05, 3.63) is 59.8 Å². The highest BCUT2D eigenvalue weighted by atomic mass is 16.5. The summed E-state index contributed by atoms with van der Waals surface area (Å²) in [6.07, 6.45) is 2.35. The molecule has 0 saturated carbocycles. The second-order valence-corrected chi connectivity index (χ2v) is 6.60. The number of carbonyl (C=O) groups excluding carboxylic acids is 2. The highest BCUT2D eigenvalue weighted by molar-refractivity contribution is 6.07. The van der Waals surface area contributed by atoms with Gasteiger partial charge in [0.2, 0.25) is 5.91 Å². The first-order valence-corrected chi connectivity index (χ1v) is 9.37. The highest BCUT2D eigenvalue weighted by Crippen LogP contribution is 2.28. The fraction of sp³-hybridized carbons (Fsp3) is 0.227. The normalized spacial score (nSPS) is 10.3. The third-order valence-corrected chi connectivity index (χ3v) is 4.56. The third kappa shape index (κ3) is 4.70. The molecule has 0 aliphatic heterocycles. The number of hydrogen-bond acceptors (Lipinski definition) is 5. The van der Waals surface area contributed by atoms with Gasteiger partial charge in [-0.3, -0.25) is 20.4 Å². The standard InChI is InChI=1S/C22H22N4O4/c1-26-14-17(16-6-3-4-7-18(16)26)22(28)25-24-21(27)8-5-11-30-19-10-9-15(13-23)12-20(19)29-2/h3-4,6-7,9-10,12,14H,5,8,11H2,1-2H3,(H,24,27)(H,25,28). The first-order chi connectivity index (χ1) is 14.5. The van der Waals surface area contributed by atoms with Crippen molar-refractivity contribution in [2.24, 2.45) is 7.05 Å². The third-order valence-electron chi connectivity index (χ3n) is 4.56. The van der Waals surface area contributed by atoms with E-state index in [4.69, 9.17) is 14.7 Å². The van der Waals surface area contributed by atoms with Crippen molar-refractivity contribution >= 4 is 22.7 Å². The Kier molecular flexibility index (Phi) is 6.55. The van der Waals surface area contributed by atoms with Gasteiger partial charge < -0.3 is 14.0 Å². The minimum Gasteiger partial charge on any atom is -0.493 e. The molecule has 0 saturated heterocycles. The smallest absolute Gasteiger partial charge is 0.271 e. The van der Waals surface area contributed by atoms with Crippen LogP contribution in [0.1, 0.15) is 28.8 Å². The molecule has 8 nitrogen and oxygen atoms in total. The molecule has 0 bridgehead atoms. The number of aromatic nitrogens is 1. The van der Waals surface area contributed by atoms with Gasteiger partial charge in [-0.25, -0.2) is 0 Å². The van der Waals surface area contributed by atoms with Crippen LogP contribution in [-0.2, 0) is 11.8 Å². The number of benzene rings is 2. The Balaban J connectivity index is 1.45. The lowest BCUT2D eigenvalue weighted by atomic mass is 10.2. The predicted octanol–water partition coefficient (Wildman–Crippen LogP) is 2.68. The fourth-order valence-corrected chi connectivity index (χ4v) is 3.05. The number of methoxy groups -OCH3 is 1. The molecule has 0 unspecified atom stereocenters. The zero-order valence-electron chi connectivity index (χ0n) is 16.8. The predicted molar refractivity (Wildman–Crippen MR) is 111 cm³/mol. The summed E-state index contributed by atoms with van der Waals surface area (Å²) in [5.74, 6) is 0.264. The number of nitriles is 1. The van der Waals surface area contributed by atoms with E-state index >= 15 is 0 Å². The van der Waals surface area contributed by atoms with Crippen LogP contribution in [-0.4, -0.2) is 30.1 Å². The van der Waals surface area contributed by atoms with Gasteiger partial charge >= 0.3 is 0 Å². The van der Waals surface area contributed by atoms with Crippen molar-refractivity contribution in [3.63, 3.8) is 0 Å². The Morgan fingerprint density at radius 2 is 1.93 bits per heavy atom. The quantitative estimate of drug-likeness (QED) is 0.464. The fourth-order valence-electron chi connectivity index (χ4n) is 3.05. The number of nitrogens with zero attached hydrogens (tertiary/aromatic N) is 2. The van der Waals surface area contributed by atoms with E-state index in [1.807, 2.05) is 41.9 Å². The number of hydrazine groups is 1. The Morgan fingerprint density at radius 3 is 2.70 bits per heavy atom. The van der Waals surface area contributed by atoms with Gasteiger partial charge in [-0.05, 0) is 24.6 Å². The molecule has 154 valence electrons. The van der Waals surface area contributed by atoms with Crippen molar-refractivity contribution in [1.82, 2.24) is 15.4 Å². The summed E-state index contributed by atoms with van der Waals surface area (Å²) in [4.78, 5) is 24.4. The van der Waals surface area contributed by atoms with Crippen LogP contribution in [0.3, 0.4) is 0 Å². The van der Waals surface area contributed by atoms with E-state index in [0.717, 1.165) is 10.9 Å². The lowest BCUT2D eigenvalue weighted by Gasteiger charge is -2.11. The largest absolute Gasteiger partial charge is 0.493 e. The summed E-state index contributed by atoms with van der Waals surface area (Å²) in [5.41, 5.74) is 6.78. The summed E-state index contributed by atoms with van der Waals surface area (Å²) >= 11 is 0. The Bertz CT molecular complexity index is 1110. The van der Waals surface area contributed by atoms with Crippen molar-refractivity contribution in [2.75, 3.05) is 13.7 Å². The van der Waals surface area contributed by atoms with E-state index in [2.05, 4.69) is 10.9 Å². The van der Waals surface area contributed by atoms with Crippen LogP contribution in [0.5, 0.6) is 11.5 Å². The monoisotopic (exact) mass is 406 g/mol. The van der Waals surface area contributed by atoms with Crippen LogP contribution in [0.15, 0.2) is 48.7 Å². The number of amides is 2. The van der Waals surface area contributed by atoms with Crippen LogP contribution >= 0.6 is 0 Å². The summed E-state index contributed by atoms with van der Waals surface area (Å²) in [7, 11) is 3.36. The van der Waals surface area contributed by atoms with Crippen LogP contribution in [0.4, 0.5) is 0 Å². The van der Waals surface area contributed by atoms with Crippen LogP contribution in [0.25, 0.3) is 10.9 Å². The van der Waals surface area contributed by atoms with E-state index in [9.17, 15) is 9.59 Å². The molecule has 0 atom stereocenters. The number of rotatable bonds is 7. The molecule has 1 heterocycles. The molecule has 0 fully saturated rings. The SMILES string of the molecule is COc1cc(C#N)ccc1OCCCC(=O)NNC(=O)c1cn(C)c2ccccc12. The molecule has 0 aliphatic rings. The van der Waals surface area contributed by atoms with Crippen LogP contribution in [0, 0.1) is 11.3 Å². The molecule has 2 amide bonds. The number of fused-ring (bicyclic) bond motifs is 1. The van der Waals surface area contributed by atoms with E-state index in [1.54, 1.807) is 24.4 Å². The van der Waals surface area contributed by atoms with Gasteiger partial charge in [-0.15, -0.1) is 0 Å². The average Bonchev–Trinajstić information content (AvgIpc) is 3.12. The van der Waals surface area contributed by atoms with Crippen molar-refractivity contribution in [2.45, 2.75) is 12.8 Å². The number of carbonyl (C=O) groups is 2. The number of ether oxygens (including phenoxy) is 2. The van der Waals surface area contributed by atoms with Gasteiger partial charge in [-0.1, -0.05) is 18.2 Å². The lowest BCUT2D eigenvalue weighted by molar-refractivity contribution is -0.122. The van der Waals surface area contributed by atoms with E-state index in [1.165, 1.54) is 7.11 Å². The maximum Gasteiger partial charge on any atom is 0.271 e. The topological polar surface area (TPSA) is 105 Å². The van der Waals surface area contributed by atoms with Gasteiger partial charge in [0.25, 0.3) is 5.91 Å². The van der Waals surface area contributed by atoms with Gasteiger partial charge in [0, 0.05) is 36.6 Å². The molecular weight excluding hydrogens is 384 g/mol.